The molecule has 0 spiro atoms. The largest absolute Gasteiger partial charge is 0.744 e. The summed E-state index contributed by atoms with van der Waals surface area (Å²) in [5.41, 5.74) is -1.46. The minimum absolute atomic E-state index is 0.141. The zero-order valence-corrected chi connectivity index (χ0v) is 22.0. The van der Waals surface area contributed by atoms with Crippen LogP contribution in [0.3, 0.4) is 0 Å². The summed E-state index contributed by atoms with van der Waals surface area (Å²) in [5.74, 6) is -14.7. The first-order valence-electron chi connectivity index (χ1n) is 11.3. The monoisotopic (exact) mass is 667 g/mol. The lowest BCUT2D eigenvalue weighted by molar-refractivity contribution is -0.167. The first-order chi connectivity index (χ1) is 17.7. The van der Waals surface area contributed by atoms with Gasteiger partial charge in [0, 0.05) is 15.4 Å². The predicted molar refractivity (Wildman–Crippen MR) is 125 cm³/mol. The molecule has 0 N–H and O–H groups in total. The van der Waals surface area contributed by atoms with E-state index in [1.165, 1.54) is 12.1 Å². The molecule has 4 bridgehead atoms. The molecule has 0 aromatic heterocycles. The third-order valence-electron chi connectivity index (χ3n) is 7.42. The molecule has 0 saturated heterocycles. The van der Waals surface area contributed by atoms with Gasteiger partial charge in [0.25, 0.3) is 0 Å². The molecule has 4 aliphatic carbocycles. The van der Waals surface area contributed by atoms with Gasteiger partial charge in [0.05, 0.1) is 5.41 Å². The average molecular weight is 667 g/mol. The Morgan fingerprint density at radius 3 is 2.08 bits per heavy atom. The molecular weight excluding hydrogens is 651 g/mol. The maximum absolute atomic E-state index is 14.4. The van der Waals surface area contributed by atoms with Crippen molar-refractivity contribution in [1.82, 2.24) is 0 Å². The molecule has 0 aliphatic heterocycles. The normalized spacial score (nSPS) is 25.9. The van der Waals surface area contributed by atoms with E-state index < -0.39 is 66.9 Å². The van der Waals surface area contributed by atoms with E-state index in [2.05, 4.69) is 4.74 Å². The molecule has 14 heteroatoms. The van der Waals surface area contributed by atoms with Gasteiger partial charge >= 0.3 is 11.9 Å². The summed E-state index contributed by atoms with van der Waals surface area (Å²) in [6, 6.07) is 3.72. The molecule has 38 heavy (non-hydrogen) atoms. The van der Waals surface area contributed by atoms with E-state index in [1.54, 1.807) is 0 Å². The smallest absolute Gasteiger partial charge is 0.347 e. The van der Waals surface area contributed by atoms with Crippen LogP contribution in [0.15, 0.2) is 23.1 Å². The van der Waals surface area contributed by atoms with Gasteiger partial charge in [-0.1, -0.05) is 0 Å². The number of ketones is 1. The molecule has 0 heterocycles. The van der Waals surface area contributed by atoms with Gasteiger partial charge in [-0.05, 0) is 78.8 Å². The van der Waals surface area contributed by atoms with E-state index in [1.807, 2.05) is 22.6 Å². The number of esters is 2. The zero-order chi connectivity index (χ0) is 27.7. The number of Topliss-reactive ketones (excluding diaryl/α,β-unsaturated/α-hetero) is 1. The molecule has 4 saturated carbocycles. The van der Waals surface area contributed by atoms with Gasteiger partial charge in [0.15, 0.2) is 11.6 Å². The van der Waals surface area contributed by atoms with Crippen molar-refractivity contribution >= 4 is 50.4 Å². The number of halogens is 5. The van der Waals surface area contributed by atoms with Crippen molar-refractivity contribution in [2.24, 2.45) is 23.2 Å². The van der Waals surface area contributed by atoms with Gasteiger partial charge < -0.3 is 14.0 Å². The van der Waals surface area contributed by atoms with Crippen LogP contribution in [0, 0.1) is 50.0 Å². The number of benzene rings is 2. The molecule has 2 aromatic rings. The molecule has 202 valence electrons. The molecule has 8 nitrogen and oxygen atoms in total. The highest BCUT2D eigenvalue weighted by Gasteiger charge is 2.59. The number of rotatable bonds is 5. The molecule has 6 rings (SSSR count). The highest BCUT2D eigenvalue weighted by atomic mass is 127. The maximum atomic E-state index is 14.4. The van der Waals surface area contributed by atoms with Crippen molar-refractivity contribution in [2.45, 2.75) is 37.0 Å². The summed E-state index contributed by atoms with van der Waals surface area (Å²) in [7, 11) is -5.95. The van der Waals surface area contributed by atoms with E-state index in [4.69, 9.17) is 4.74 Å². The van der Waals surface area contributed by atoms with Gasteiger partial charge in [-0.3, -0.25) is 9.59 Å². The second-order valence-electron chi connectivity index (χ2n) is 9.81. The average Bonchev–Trinajstić information content (AvgIpc) is 2.82. The van der Waals surface area contributed by atoms with Crippen LogP contribution in [0.25, 0.3) is 0 Å². The van der Waals surface area contributed by atoms with Crippen LogP contribution in [-0.4, -0.2) is 30.7 Å². The van der Waals surface area contributed by atoms with Crippen molar-refractivity contribution in [3.8, 4) is 11.5 Å². The van der Waals surface area contributed by atoms with Crippen molar-refractivity contribution in [3.05, 3.63) is 50.6 Å². The second-order valence-corrected chi connectivity index (χ2v) is 12.4. The van der Waals surface area contributed by atoms with E-state index in [0.717, 1.165) is 6.07 Å². The fourth-order valence-electron chi connectivity index (χ4n) is 6.00. The Bertz CT molecular complexity index is 1480. The first kappa shape index (κ1) is 27.0. The number of carbonyl (C=O) groups excluding carboxylic acids is 3. The van der Waals surface area contributed by atoms with Crippen LogP contribution >= 0.6 is 22.6 Å². The van der Waals surface area contributed by atoms with Crippen LogP contribution in [0.5, 0.6) is 11.5 Å². The van der Waals surface area contributed by atoms with E-state index in [9.17, 15) is 44.9 Å². The lowest BCUT2D eigenvalue weighted by atomic mass is 9.49. The quantitative estimate of drug-likeness (QED) is 0.116. The first-order valence-corrected chi connectivity index (χ1v) is 13.8. The van der Waals surface area contributed by atoms with Crippen LogP contribution in [0.1, 0.15) is 42.5 Å². The van der Waals surface area contributed by atoms with Gasteiger partial charge in [-0.25, -0.2) is 22.0 Å². The minimum atomic E-state index is -5.95. The lowest BCUT2D eigenvalue weighted by Gasteiger charge is -2.53. The van der Waals surface area contributed by atoms with Crippen LogP contribution in [-0.2, 0) is 19.7 Å². The summed E-state index contributed by atoms with van der Waals surface area (Å²) in [6.45, 7) is 0. The van der Waals surface area contributed by atoms with Crippen molar-refractivity contribution < 1.29 is 54.4 Å². The molecule has 2 unspecified atom stereocenters. The standard InChI is InChI=1S/C24H17F4IO8S/c25-15-17(27)21(38(33,34)35)18(28)16(26)20(15)37-22(31)13-2-1-12(29)5-14(13)36-23(32)24-6-9-3-10(7-24)19(30)11(4-9)8-24/h1-2,5,9-11H,3-4,6-8H2,(H,33,34,35)/p-1. The summed E-state index contributed by atoms with van der Waals surface area (Å²) in [5, 5.41) is 0. The lowest BCUT2D eigenvalue weighted by Crippen LogP contribution is -2.55. The zero-order valence-electron chi connectivity index (χ0n) is 19.1. The number of hydrogen-bond acceptors (Lipinski definition) is 8. The topological polar surface area (TPSA) is 127 Å². The van der Waals surface area contributed by atoms with Gasteiger partial charge in [0.1, 0.15) is 32.1 Å². The van der Waals surface area contributed by atoms with Gasteiger partial charge in [-0.2, -0.15) is 8.78 Å². The third kappa shape index (κ3) is 4.39. The summed E-state index contributed by atoms with van der Waals surface area (Å²) < 4.78 is 101. The maximum Gasteiger partial charge on any atom is 0.347 e. The predicted octanol–water partition coefficient (Wildman–Crippen LogP) is 4.27. The Labute approximate surface area is 226 Å². The molecule has 0 radical (unpaired) electrons. The summed E-state index contributed by atoms with van der Waals surface area (Å²) in [6.07, 6.45) is 2.56. The molecule has 0 amide bonds. The fraction of sp³-hybridized carbons (Fsp3) is 0.375. The molecule has 4 aliphatic rings. The van der Waals surface area contributed by atoms with Crippen LogP contribution in [0.4, 0.5) is 17.6 Å². The van der Waals surface area contributed by atoms with E-state index in [0.29, 0.717) is 35.7 Å². The van der Waals surface area contributed by atoms with E-state index >= 15 is 0 Å². The Balaban J connectivity index is 1.45. The van der Waals surface area contributed by atoms with E-state index in [-0.39, 0.29) is 29.3 Å². The molecule has 2 atom stereocenters. The summed E-state index contributed by atoms with van der Waals surface area (Å²) >= 11 is 1.85. The number of ether oxygens (including phenoxy) is 2. The van der Waals surface area contributed by atoms with Gasteiger partial charge in [0.2, 0.25) is 17.4 Å². The van der Waals surface area contributed by atoms with Crippen molar-refractivity contribution in [3.63, 3.8) is 0 Å². The molecule has 2 aromatic carbocycles. The Hall–Kier alpha value is -2.59. The Morgan fingerprint density at radius 1 is 0.947 bits per heavy atom. The van der Waals surface area contributed by atoms with Gasteiger partial charge in [-0.15, -0.1) is 0 Å². The van der Waals surface area contributed by atoms with Crippen molar-refractivity contribution in [1.29, 1.82) is 0 Å². The highest BCUT2D eigenvalue weighted by Crippen LogP contribution is 2.59. The summed E-state index contributed by atoms with van der Waals surface area (Å²) in [4.78, 5) is 36.2. The third-order valence-corrected chi connectivity index (χ3v) is 8.95. The highest BCUT2D eigenvalue weighted by molar-refractivity contribution is 14.1. The van der Waals surface area contributed by atoms with Crippen LogP contribution < -0.4 is 9.47 Å². The fourth-order valence-corrected chi connectivity index (χ4v) is 7.08. The molecule has 4 fully saturated rings. The van der Waals surface area contributed by atoms with Crippen LogP contribution in [0.2, 0.25) is 0 Å². The molecular formula is C24H16F4IO8S-. The number of hydrogen-bond donors (Lipinski definition) is 0. The SMILES string of the molecule is O=C(Oc1c(F)c(F)c(S(=O)(=O)[O-])c(F)c1F)c1ccc(I)cc1OC(=O)C12CC3CC(C1)C(=O)C(C3)C2. The Kier molecular flexibility index (Phi) is 6.58. The second kappa shape index (κ2) is 9.26. The Morgan fingerprint density at radius 2 is 1.53 bits per heavy atom. The van der Waals surface area contributed by atoms with Crippen molar-refractivity contribution in [2.75, 3.05) is 0 Å². The number of carbonyl (C=O) groups is 3. The minimum Gasteiger partial charge on any atom is -0.744 e.